The van der Waals surface area contributed by atoms with Gasteiger partial charge in [0.05, 0.1) is 0 Å². The summed E-state index contributed by atoms with van der Waals surface area (Å²) in [4.78, 5) is 13.3. The molecular weight excluding hydrogens is 221 g/mol. The summed E-state index contributed by atoms with van der Waals surface area (Å²) >= 11 is 0. The molecule has 1 aromatic carbocycles. The fourth-order valence-electron chi connectivity index (χ4n) is 1.33. The third-order valence-corrected chi connectivity index (χ3v) is 2.04. The number of fused-ring (bicyclic) bond motifs is 1. The fourth-order valence-corrected chi connectivity index (χ4v) is 1.33. The largest absolute Gasteiger partial charge is 0.471 e. The zero-order chi connectivity index (χ0) is 11.8. The number of carbonyl (C=O) groups is 1. The maximum atomic E-state index is 12.0. The average molecular weight is 228 g/mol. The van der Waals surface area contributed by atoms with Crippen molar-refractivity contribution in [3.63, 3.8) is 0 Å². The van der Waals surface area contributed by atoms with E-state index in [1.807, 2.05) is 0 Å². The highest BCUT2D eigenvalue weighted by molar-refractivity contribution is 5.96. The van der Waals surface area contributed by atoms with Crippen molar-refractivity contribution >= 4 is 22.6 Å². The van der Waals surface area contributed by atoms with E-state index in [1.54, 1.807) is 29.6 Å². The smallest absolute Gasteiger partial charge is 0.341 e. The Bertz CT molecular complexity index is 497. The van der Waals surface area contributed by atoms with Crippen molar-refractivity contribution in [2.45, 2.75) is 6.18 Å². The molecule has 1 amide bonds. The maximum Gasteiger partial charge on any atom is 0.471 e. The minimum atomic E-state index is -4.88. The summed E-state index contributed by atoms with van der Waals surface area (Å²) < 4.78 is 35.9. The fraction of sp³-hybridized carbons (Fsp3) is 0.100. The molecule has 16 heavy (non-hydrogen) atoms. The van der Waals surface area contributed by atoms with Crippen molar-refractivity contribution in [3.8, 4) is 0 Å². The van der Waals surface area contributed by atoms with E-state index >= 15 is 0 Å². The zero-order valence-electron chi connectivity index (χ0n) is 7.93. The van der Waals surface area contributed by atoms with Crippen LogP contribution >= 0.6 is 0 Å². The van der Waals surface area contributed by atoms with Gasteiger partial charge in [0, 0.05) is 10.9 Å². The number of nitrogens with one attached hydrogen (secondary N) is 2. The highest BCUT2D eigenvalue weighted by Gasteiger charge is 2.38. The van der Waals surface area contributed by atoms with Crippen LogP contribution in [0.15, 0.2) is 30.3 Å². The lowest BCUT2D eigenvalue weighted by Gasteiger charge is -2.05. The quantitative estimate of drug-likeness (QED) is 0.774. The lowest BCUT2D eigenvalue weighted by atomic mass is 10.2. The van der Waals surface area contributed by atoms with Crippen molar-refractivity contribution < 1.29 is 18.0 Å². The molecule has 3 nitrogen and oxygen atoms in total. The second kappa shape index (κ2) is 3.55. The van der Waals surface area contributed by atoms with Gasteiger partial charge >= 0.3 is 12.1 Å². The molecular formula is C10H7F3N2O. The Morgan fingerprint density at radius 1 is 1.25 bits per heavy atom. The standard InChI is InChI=1S/C10H7F3N2O/c11-10(12,13)9(16)15-8-5-6-3-1-2-4-7(6)14-8/h1-5,14H,(H,15,16). The molecule has 0 radical (unpaired) electrons. The number of anilines is 1. The topological polar surface area (TPSA) is 44.9 Å². The number of benzene rings is 1. The number of halogens is 3. The van der Waals surface area contributed by atoms with Gasteiger partial charge in [-0.05, 0) is 12.1 Å². The van der Waals surface area contributed by atoms with Crippen molar-refractivity contribution in [3.05, 3.63) is 30.3 Å². The summed E-state index contributed by atoms with van der Waals surface area (Å²) in [6, 6.07) is 8.38. The molecule has 0 atom stereocenters. The van der Waals surface area contributed by atoms with Crippen LogP contribution in [0.4, 0.5) is 19.0 Å². The summed E-state index contributed by atoms with van der Waals surface area (Å²) in [6.07, 6.45) is -4.88. The SMILES string of the molecule is O=C(Nc1cc2ccccc2[nH]1)C(F)(F)F. The molecule has 0 bridgehead atoms. The first-order valence-electron chi connectivity index (χ1n) is 4.43. The van der Waals surface area contributed by atoms with Gasteiger partial charge in [0.25, 0.3) is 0 Å². The molecule has 0 saturated heterocycles. The molecule has 2 rings (SSSR count). The molecule has 0 aliphatic rings. The van der Waals surface area contributed by atoms with Crippen LogP contribution < -0.4 is 5.32 Å². The molecule has 0 aliphatic carbocycles. The van der Waals surface area contributed by atoms with Gasteiger partial charge in [-0.1, -0.05) is 18.2 Å². The Morgan fingerprint density at radius 2 is 1.94 bits per heavy atom. The van der Waals surface area contributed by atoms with Gasteiger partial charge in [0.1, 0.15) is 5.82 Å². The van der Waals surface area contributed by atoms with Gasteiger partial charge in [0.2, 0.25) is 0 Å². The zero-order valence-corrected chi connectivity index (χ0v) is 7.93. The molecule has 0 fully saturated rings. The van der Waals surface area contributed by atoms with E-state index in [0.717, 1.165) is 5.39 Å². The third kappa shape index (κ3) is 2.00. The number of aromatic nitrogens is 1. The molecule has 84 valence electrons. The van der Waals surface area contributed by atoms with Gasteiger partial charge in [0.15, 0.2) is 0 Å². The first kappa shape index (κ1) is 10.5. The lowest BCUT2D eigenvalue weighted by molar-refractivity contribution is -0.167. The van der Waals surface area contributed by atoms with E-state index in [2.05, 4.69) is 4.98 Å². The number of para-hydroxylation sites is 1. The number of aromatic amines is 1. The first-order valence-corrected chi connectivity index (χ1v) is 4.43. The van der Waals surface area contributed by atoms with Crippen LogP contribution in [0.1, 0.15) is 0 Å². The molecule has 6 heteroatoms. The molecule has 1 heterocycles. The molecule has 2 aromatic rings. The minimum Gasteiger partial charge on any atom is -0.341 e. The summed E-state index contributed by atoms with van der Waals surface area (Å²) in [5, 5.41) is 2.49. The van der Waals surface area contributed by atoms with Crippen molar-refractivity contribution in [1.29, 1.82) is 0 Å². The first-order chi connectivity index (χ1) is 7.47. The lowest BCUT2D eigenvalue weighted by Crippen LogP contribution is -2.30. The molecule has 0 spiro atoms. The summed E-state index contributed by atoms with van der Waals surface area (Å²) in [5.41, 5.74) is 0.667. The van der Waals surface area contributed by atoms with Crippen LogP contribution in [0.25, 0.3) is 10.9 Å². The number of hydrogen-bond donors (Lipinski definition) is 2. The predicted molar refractivity (Wildman–Crippen MR) is 53.0 cm³/mol. The Labute approximate surface area is 88.3 Å². The van der Waals surface area contributed by atoms with E-state index < -0.39 is 12.1 Å². The Balaban J connectivity index is 2.25. The highest BCUT2D eigenvalue weighted by Crippen LogP contribution is 2.21. The summed E-state index contributed by atoms with van der Waals surface area (Å²) in [5.74, 6) is -1.96. The van der Waals surface area contributed by atoms with E-state index in [0.29, 0.717) is 5.52 Å². The number of alkyl halides is 3. The van der Waals surface area contributed by atoms with Crippen LogP contribution in [-0.4, -0.2) is 17.1 Å². The van der Waals surface area contributed by atoms with Crippen molar-refractivity contribution in [1.82, 2.24) is 4.98 Å². The monoisotopic (exact) mass is 228 g/mol. The van der Waals surface area contributed by atoms with Crippen LogP contribution in [0.2, 0.25) is 0 Å². The van der Waals surface area contributed by atoms with Crippen LogP contribution in [-0.2, 0) is 4.79 Å². The molecule has 1 aromatic heterocycles. The van der Waals surface area contributed by atoms with E-state index in [-0.39, 0.29) is 5.82 Å². The number of amides is 1. The highest BCUT2D eigenvalue weighted by atomic mass is 19.4. The van der Waals surface area contributed by atoms with Gasteiger partial charge in [-0.25, -0.2) is 0 Å². The summed E-state index contributed by atoms with van der Waals surface area (Å²) in [7, 11) is 0. The average Bonchev–Trinajstić information content (AvgIpc) is 2.58. The third-order valence-electron chi connectivity index (χ3n) is 2.04. The number of rotatable bonds is 1. The predicted octanol–water partition coefficient (Wildman–Crippen LogP) is 2.67. The van der Waals surface area contributed by atoms with E-state index in [1.165, 1.54) is 6.07 Å². The number of hydrogen-bond acceptors (Lipinski definition) is 1. The van der Waals surface area contributed by atoms with E-state index in [4.69, 9.17) is 0 Å². The Kier molecular flexibility index (Phi) is 2.34. The normalized spacial score (nSPS) is 11.7. The van der Waals surface area contributed by atoms with Crippen molar-refractivity contribution in [2.75, 3.05) is 5.32 Å². The van der Waals surface area contributed by atoms with Gasteiger partial charge in [-0.15, -0.1) is 0 Å². The minimum absolute atomic E-state index is 0.0310. The number of carbonyl (C=O) groups excluding carboxylic acids is 1. The second-order valence-electron chi connectivity index (χ2n) is 3.22. The Morgan fingerprint density at radius 3 is 2.56 bits per heavy atom. The van der Waals surface area contributed by atoms with E-state index in [9.17, 15) is 18.0 Å². The molecule has 2 N–H and O–H groups in total. The molecule has 0 unspecified atom stereocenters. The van der Waals surface area contributed by atoms with Crippen LogP contribution in [0, 0.1) is 0 Å². The maximum absolute atomic E-state index is 12.0. The van der Waals surface area contributed by atoms with Crippen LogP contribution in [0.5, 0.6) is 0 Å². The van der Waals surface area contributed by atoms with Gasteiger partial charge in [-0.2, -0.15) is 13.2 Å². The number of H-pyrrole nitrogens is 1. The van der Waals surface area contributed by atoms with Gasteiger partial charge in [-0.3, -0.25) is 4.79 Å². The Hall–Kier alpha value is -1.98. The molecule has 0 aliphatic heterocycles. The van der Waals surface area contributed by atoms with Crippen molar-refractivity contribution in [2.24, 2.45) is 0 Å². The second-order valence-corrected chi connectivity index (χ2v) is 3.22. The molecule has 0 saturated carbocycles. The summed E-state index contributed by atoms with van der Waals surface area (Å²) in [6.45, 7) is 0. The van der Waals surface area contributed by atoms with Crippen LogP contribution in [0.3, 0.4) is 0 Å². The van der Waals surface area contributed by atoms with Gasteiger partial charge < -0.3 is 10.3 Å².